The number of rotatable bonds is 7. The van der Waals surface area contributed by atoms with Crippen molar-refractivity contribution in [3.63, 3.8) is 0 Å². The van der Waals surface area contributed by atoms with Crippen molar-refractivity contribution in [3.05, 3.63) is 60.4 Å². The summed E-state index contributed by atoms with van der Waals surface area (Å²) in [5.74, 6) is 2.22. The molecular weight excluding hydrogens is 418 g/mol. The van der Waals surface area contributed by atoms with Gasteiger partial charge in [0.25, 0.3) is 0 Å². The number of ether oxygens (including phenoxy) is 1. The van der Waals surface area contributed by atoms with Gasteiger partial charge in [-0.15, -0.1) is 5.10 Å². The van der Waals surface area contributed by atoms with Gasteiger partial charge in [-0.1, -0.05) is 30.3 Å². The van der Waals surface area contributed by atoms with E-state index in [9.17, 15) is 0 Å². The predicted octanol–water partition coefficient (Wildman–Crippen LogP) is 3.08. The second-order valence-corrected chi connectivity index (χ2v) is 8.53. The Labute approximate surface area is 192 Å². The standard InChI is InChI=1S/C24H29N7O2/c1-17-14-29(15-18(2)30(17)10-12-32-16-19-7-4-3-5-8-19)21-13-22-26-23(20-9-6-11-33-20)28-31(22)24(25)27-21/h3-9,11,13,17-18H,10,12,14-16H2,1-2H3,(H2,25,27)/t17-,18+. The molecule has 1 aliphatic rings. The van der Waals surface area contributed by atoms with Gasteiger partial charge in [0, 0.05) is 37.8 Å². The predicted molar refractivity (Wildman–Crippen MR) is 127 cm³/mol. The Balaban J connectivity index is 1.24. The van der Waals surface area contributed by atoms with E-state index >= 15 is 0 Å². The molecule has 4 aromatic rings. The van der Waals surface area contributed by atoms with Gasteiger partial charge in [0.05, 0.1) is 19.5 Å². The van der Waals surface area contributed by atoms with Crippen LogP contribution in [-0.4, -0.2) is 62.8 Å². The van der Waals surface area contributed by atoms with Crippen LogP contribution in [0, 0.1) is 0 Å². The van der Waals surface area contributed by atoms with E-state index in [1.807, 2.05) is 36.4 Å². The Hall–Kier alpha value is -3.43. The third kappa shape index (κ3) is 4.55. The number of fused-ring (bicyclic) bond motifs is 1. The first kappa shape index (κ1) is 21.4. The molecule has 33 heavy (non-hydrogen) atoms. The molecule has 0 spiro atoms. The normalized spacial score (nSPS) is 19.4. The quantitative estimate of drug-likeness (QED) is 0.432. The van der Waals surface area contributed by atoms with Crippen LogP contribution in [0.5, 0.6) is 0 Å². The average Bonchev–Trinajstić information content (AvgIpc) is 3.49. The number of piperazine rings is 1. The minimum Gasteiger partial charge on any atom is -0.461 e. The van der Waals surface area contributed by atoms with Gasteiger partial charge in [0.1, 0.15) is 5.82 Å². The highest BCUT2D eigenvalue weighted by atomic mass is 16.5. The molecule has 9 nitrogen and oxygen atoms in total. The maximum atomic E-state index is 6.22. The molecule has 2 atom stereocenters. The number of anilines is 2. The van der Waals surface area contributed by atoms with Gasteiger partial charge in [-0.3, -0.25) is 4.90 Å². The number of nitrogen functional groups attached to an aromatic ring is 1. The van der Waals surface area contributed by atoms with E-state index in [4.69, 9.17) is 14.9 Å². The molecular formula is C24H29N7O2. The lowest BCUT2D eigenvalue weighted by molar-refractivity contribution is 0.0560. The third-order valence-electron chi connectivity index (χ3n) is 6.11. The van der Waals surface area contributed by atoms with Gasteiger partial charge < -0.3 is 19.8 Å². The number of furan rings is 1. The van der Waals surface area contributed by atoms with E-state index in [-0.39, 0.29) is 0 Å². The Bertz CT molecular complexity index is 1180. The fourth-order valence-electron chi connectivity index (χ4n) is 4.49. The fraction of sp³-hybridized carbons (Fsp3) is 0.375. The van der Waals surface area contributed by atoms with Gasteiger partial charge in [-0.05, 0) is 31.5 Å². The highest BCUT2D eigenvalue weighted by Crippen LogP contribution is 2.24. The maximum absolute atomic E-state index is 6.22. The summed E-state index contributed by atoms with van der Waals surface area (Å²) in [6.07, 6.45) is 1.60. The minimum atomic E-state index is 0.310. The molecule has 1 aliphatic heterocycles. The van der Waals surface area contributed by atoms with E-state index in [0.29, 0.717) is 48.5 Å². The lowest BCUT2D eigenvalue weighted by atomic mass is 10.1. The molecule has 0 unspecified atom stereocenters. The molecule has 4 heterocycles. The van der Waals surface area contributed by atoms with Crippen LogP contribution in [0.2, 0.25) is 0 Å². The van der Waals surface area contributed by atoms with E-state index in [0.717, 1.165) is 25.5 Å². The number of nitrogens with zero attached hydrogens (tertiary/aromatic N) is 6. The zero-order valence-corrected chi connectivity index (χ0v) is 19.0. The number of nitrogens with two attached hydrogens (primary N) is 1. The summed E-state index contributed by atoms with van der Waals surface area (Å²) in [6.45, 7) is 8.44. The largest absolute Gasteiger partial charge is 0.461 e. The summed E-state index contributed by atoms with van der Waals surface area (Å²) in [4.78, 5) is 14.0. The first-order valence-corrected chi connectivity index (χ1v) is 11.3. The molecule has 0 amide bonds. The van der Waals surface area contributed by atoms with E-state index in [1.54, 1.807) is 10.8 Å². The number of aromatic nitrogens is 4. The van der Waals surface area contributed by atoms with Crippen molar-refractivity contribution >= 4 is 17.4 Å². The third-order valence-corrected chi connectivity index (χ3v) is 6.11. The maximum Gasteiger partial charge on any atom is 0.225 e. The van der Waals surface area contributed by atoms with E-state index in [2.05, 4.69) is 50.8 Å². The Morgan fingerprint density at radius 1 is 1.06 bits per heavy atom. The van der Waals surface area contributed by atoms with Crippen LogP contribution < -0.4 is 10.6 Å². The lowest BCUT2D eigenvalue weighted by Gasteiger charge is -2.44. The molecule has 1 fully saturated rings. The van der Waals surface area contributed by atoms with Gasteiger partial charge in [-0.2, -0.15) is 9.50 Å². The Morgan fingerprint density at radius 3 is 2.58 bits per heavy atom. The van der Waals surface area contributed by atoms with Gasteiger partial charge in [0.15, 0.2) is 11.4 Å². The van der Waals surface area contributed by atoms with Crippen LogP contribution in [0.3, 0.4) is 0 Å². The van der Waals surface area contributed by atoms with Crippen molar-refractivity contribution in [2.45, 2.75) is 32.5 Å². The Morgan fingerprint density at radius 2 is 1.85 bits per heavy atom. The molecule has 3 aromatic heterocycles. The van der Waals surface area contributed by atoms with Crippen molar-refractivity contribution < 1.29 is 9.15 Å². The smallest absolute Gasteiger partial charge is 0.225 e. The van der Waals surface area contributed by atoms with Crippen LogP contribution >= 0.6 is 0 Å². The molecule has 0 saturated carbocycles. The highest BCUT2D eigenvalue weighted by Gasteiger charge is 2.30. The fourth-order valence-corrected chi connectivity index (χ4v) is 4.49. The molecule has 0 radical (unpaired) electrons. The zero-order valence-electron chi connectivity index (χ0n) is 19.0. The molecule has 1 saturated heterocycles. The number of hydrogen-bond donors (Lipinski definition) is 1. The minimum absolute atomic E-state index is 0.310. The summed E-state index contributed by atoms with van der Waals surface area (Å²) in [6, 6.07) is 16.6. The monoisotopic (exact) mass is 447 g/mol. The van der Waals surface area contributed by atoms with Crippen LogP contribution in [0.4, 0.5) is 11.8 Å². The molecule has 0 aliphatic carbocycles. The zero-order chi connectivity index (χ0) is 22.8. The highest BCUT2D eigenvalue weighted by molar-refractivity contribution is 5.59. The molecule has 2 N–H and O–H groups in total. The summed E-state index contributed by atoms with van der Waals surface area (Å²) >= 11 is 0. The summed E-state index contributed by atoms with van der Waals surface area (Å²) in [7, 11) is 0. The average molecular weight is 448 g/mol. The van der Waals surface area contributed by atoms with E-state index < -0.39 is 0 Å². The van der Waals surface area contributed by atoms with Crippen LogP contribution in [0.1, 0.15) is 19.4 Å². The van der Waals surface area contributed by atoms with Crippen LogP contribution in [0.25, 0.3) is 17.2 Å². The molecule has 5 rings (SSSR count). The van der Waals surface area contributed by atoms with Crippen molar-refractivity contribution in [1.29, 1.82) is 0 Å². The lowest BCUT2D eigenvalue weighted by Crippen LogP contribution is -2.57. The second-order valence-electron chi connectivity index (χ2n) is 8.53. The number of benzene rings is 1. The van der Waals surface area contributed by atoms with Crippen LogP contribution in [-0.2, 0) is 11.3 Å². The van der Waals surface area contributed by atoms with Crippen molar-refractivity contribution in [3.8, 4) is 11.6 Å². The molecule has 0 bridgehead atoms. The second kappa shape index (κ2) is 9.21. The molecule has 9 heteroatoms. The van der Waals surface area contributed by atoms with Crippen molar-refractivity contribution in [2.75, 3.05) is 36.9 Å². The van der Waals surface area contributed by atoms with Crippen molar-refractivity contribution in [1.82, 2.24) is 24.5 Å². The Kier molecular flexibility index (Phi) is 5.97. The summed E-state index contributed by atoms with van der Waals surface area (Å²) in [5, 5.41) is 4.43. The van der Waals surface area contributed by atoms with Gasteiger partial charge >= 0.3 is 0 Å². The molecule has 1 aromatic carbocycles. The summed E-state index contributed by atoms with van der Waals surface area (Å²) < 4.78 is 12.9. The topological polar surface area (TPSA) is 98.0 Å². The summed E-state index contributed by atoms with van der Waals surface area (Å²) in [5.41, 5.74) is 8.07. The van der Waals surface area contributed by atoms with Gasteiger partial charge in [-0.25, -0.2) is 4.98 Å². The molecule has 172 valence electrons. The van der Waals surface area contributed by atoms with Crippen molar-refractivity contribution in [2.24, 2.45) is 0 Å². The first-order valence-electron chi connectivity index (χ1n) is 11.3. The van der Waals surface area contributed by atoms with Gasteiger partial charge in [0.2, 0.25) is 11.8 Å². The SMILES string of the molecule is C[C@@H]1CN(c2cc3nc(-c4ccco4)nn3c(N)n2)C[C@H](C)N1CCOCc1ccccc1. The van der Waals surface area contributed by atoms with Crippen LogP contribution in [0.15, 0.2) is 59.2 Å². The first-order chi connectivity index (χ1) is 16.1. The number of hydrogen-bond acceptors (Lipinski definition) is 8. The van der Waals surface area contributed by atoms with E-state index in [1.165, 1.54) is 5.56 Å².